The number of aryl methyl sites for hydroxylation is 1. The van der Waals surface area contributed by atoms with Crippen LogP contribution in [0.5, 0.6) is 0 Å². The summed E-state index contributed by atoms with van der Waals surface area (Å²) in [6, 6.07) is 14.6. The van der Waals surface area contributed by atoms with Gasteiger partial charge in [-0.25, -0.2) is 0 Å². The Morgan fingerprint density at radius 2 is 1.78 bits per heavy atom. The molecule has 0 bridgehead atoms. The SMILES string of the molecule is Cc1c(Cl)cccc1-c1ccc(-n2cc(CCC(C)C)[nH]2)cc1. The molecule has 0 amide bonds. The van der Waals surface area contributed by atoms with E-state index < -0.39 is 0 Å². The maximum absolute atomic E-state index is 6.22. The van der Waals surface area contributed by atoms with Gasteiger partial charge in [0, 0.05) is 11.2 Å². The van der Waals surface area contributed by atoms with Gasteiger partial charge in [-0.2, -0.15) is 0 Å². The monoisotopic (exact) mass is 326 g/mol. The number of hydrogen-bond acceptors (Lipinski definition) is 0. The van der Waals surface area contributed by atoms with Gasteiger partial charge in [-0.3, -0.25) is 9.78 Å². The average Bonchev–Trinajstić information content (AvgIpc) is 2.49. The molecule has 2 aromatic carbocycles. The largest absolute Gasteiger partial charge is 0.297 e. The summed E-state index contributed by atoms with van der Waals surface area (Å²) in [5.74, 6) is 0.743. The van der Waals surface area contributed by atoms with Crippen LogP contribution in [0, 0.1) is 12.8 Å². The molecule has 1 heterocycles. The number of hydrogen-bond donors (Lipinski definition) is 1. The highest BCUT2D eigenvalue weighted by molar-refractivity contribution is 6.31. The van der Waals surface area contributed by atoms with Gasteiger partial charge in [0.25, 0.3) is 0 Å². The molecule has 0 spiro atoms. The zero-order chi connectivity index (χ0) is 16.4. The third-order valence-corrected chi connectivity index (χ3v) is 4.67. The first kappa shape index (κ1) is 15.9. The van der Waals surface area contributed by atoms with Gasteiger partial charge in [0.2, 0.25) is 0 Å². The van der Waals surface area contributed by atoms with E-state index in [2.05, 4.69) is 67.1 Å². The zero-order valence-electron chi connectivity index (χ0n) is 13.9. The van der Waals surface area contributed by atoms with Crippen LogP contribution in [0.25, 0.3) is 16.8 Å². The van der Waals surface area contributed by atoms with Gasteiger partial charge >= 0.3 is 0 Å². The summed E-state index contributed by atoms with van der Waals surface area (Å²) in [5.41, 5.74) is 5.97. The summed E-state index contributed by atoms with van der Waals surface area (Å²) >= 11 is 6.22. The highest BCUT2D eigenvalue weighted by Gasteiger charge is 2.07. The lowest BCUT2D eigenvalue weighted by molar-refractivity contribution is 0.562. The molecular weight excluding hydrogens is 304 g/mol. The molecule has 1 N–H and O–H groups in total. The summed E-state index contributed by atoms with van der Waals surface area (Å²) in [6.45, 7) is 6.58. The average molecular weight is 327 g/mol. The number of benzene rings is 2. The van der Waals surface area contributed by atoms with Gasteiger partial charge in [-0.1, -0.05) is 49.7 Å². The molecule has 0 unspecified atom stereocenters. The summed E-state index contributed by atoms with van der Waals surface area (Å²) in [4.78, 5) is 0. The van der Waals surface area contributed by atoms with E-state index in [1.807, 2.05) is 12.1 Å². The first-order valence-electron chi connectivity index (χ1n) is 8.16. The molecule has 1 aromatic heterocycles. The number of rotatable bonds is 5. The topological polar surface area (TPSA) is 20.7 Å². The smallest absolute Gasteiger partial charge is 0.0624 e. The van der Waals surface area contributed by atoms with Gasteiger partial charge in [0.15, 0.2) is 0 Å². The van der Waals surface area contributed by atoms with Crippen LogP contribution < -0.4 is 0 Å². The Balaban J connectivity index is 1.75. The molecule has 0 radical (unpaired) electrons. The summed E-state index contributed by atoms with van der Waals surface area (Å²) in [6.07, 6.45) is 4.52. The number of nitrogens with one attached hydrogen (secondary N) is 1. The molecule has 23 heavy (non-hydrogen) atoms. The van der Waals surface area contributed by atoms with Crippen molar-refractivity contribution in [2.24, 2.45) is 5.92 Å². The maximum atomic E-state index is 6.22. The molecule has 3 rings (SSSR count). The summed E-state index contributed by atoms with van der Waals surface area (Å²) in [5, 5.41) is 4.22. The lowest BCUT2D eigenvalue weighted by Crippen LogP contribution is -2.11. The Morgan fingerprint density at radius 1 is 1.09 bits per heavy atom. The van der Waals surface area contributed by atoms with Gasteiger partial charge in [-0.15, -0.1) is 0 Å². The van der Waals surface area contributed by atoms with Crippen molar-refractivity contribution < 1.29 is 0 Å². The van der Waals surface area contributed by atoms with Crippen LogP contribution in [0.4, 0.5) is 0 Å². The fraction of sp³-hybridized carbons (Fsp3) is 0.300. The van der Waals surface area contributed by atoms with Crippen LogP contribution in [0.15, 0.2) is 48.7 Å². The minimum absolute atomic E-state index is 0.743. The number of nitrogens with zero attached hydrogens (tertiary/aromatic N) is 1. The van der Waals surface area contributed by atoms with Crippen LogP contribution >= 0.6 is 11.6 Å². The Hall–Kier alpha value is -1.93. The lowest BCUT2D eigenvalue weighted by Gasteiger charge is -2.17. The van der Waals surface area contributed by atoms with Gasteiger partial charge in [0.1, 0.15) is 0 Å². The molecule has 2 nitrogen and oxygen atoms in total. The first-order chi connectivity index (χ1) is 11.0. The van der Waals surface area contributed by atoms with E-state index in [4.69, 9.17) is 11.6 Å². The molecule has 0 aliphatic rings. The molecule has 0 atom stereocenters. The van der Waals surface area contributed by atoms with Crippen LogP contribution in [0.1, 0.15) is 31.5 Å². The molecular formula is C20H23ClN2. The standard InChI is InChI=1S/C20H23ClN2/c1-14(2)7-10-17-13-23(22-17)18-11-8-16(9-12-18)19-5-4-6-20(21)15(19)3/h4-6,8-9,11-14,22H,7,10H2,1-3H3. The lowest BCUT2D eigenvalue weighted by atomic mass is 10.0. The normalized spacial score (nSPS) is 11.3. The number of halogens is 1. The number of H-pyrrole nitrogens is 1. The molecule has 0 saturated heterocycles. The van der Waals surface area contributed by atoms with Crippen molar-refractivity contribution in [2.75, 3.05) is 0 Å². The van der Waals surface area contributed by atoms with E-state index in [0.29, 0.717) is 0 Å². The highest BCUT2D eigenvalue weighted by Crippen LogP contribution is 2.29. The molecule has 0 saturated carbocycles. The first-order valence-corrected chi connectivity index (χ1v) is 8.54. The van der Waals surface area contributed by atoms with Gasteiger partial charge in [0.05, 0.1) is 11.4 Å². The third-order valence-electron chi connectivity index (χ3n) is 4.26. The van der Waals surface area contributed by atoms with Crippen molar-refractivity contribution in [1.29, 1.82) is 0 Å². The van der Waals surface area contributed by atoms with E-state index in [9.17, 15) is 0 Å². The van der Waals surface area contributed by atoms with Crippen molar-refractivity contribution in [1.82, 2.24) is 9.78 Å². The minimum Gasteiger partial charge on any atom is -0.297 e. The Kier molecular flexibility index (Phi) is 4.63. The highest BCUT2D eigenvalue weighted by atomic mass is 35.5. The predicted molar refractivity (Wildman–Crippen MR) is 98.5 cm³/mol. The number of aromatic amines is 1. The van der Waals surface area contributed by atoms with Crippen LogP contribution in [0.3, 0.4) is 0 Å². The van der Waals surface area contributed by atoms with Crippen molar-refractivity contribution >= 4 is 11.6 Å². The molecule has 3 aromatic rings. The van der Waals surface area contributed by atoms with Crippen LogP contribution in [-0.4, -0.2) is 9.78 Å². The zero-order valence-corrected chi connectivity index (χ0v) is 14.7. The van der Waals surface area contributed by atoms with E-state index >= 15 is 0 Å². The van der Waals surface area contributed by atoms with E-state index in [-0.39, 0.29) is 0 Å². The Morgan fingerprint density at radius 3 is 2.43 bits per heavy atom. The third kappa shape index (κ3) is 3.53. The number of aromatic nitrogens is 2. The van der Waals surface area contributed by atoms with Crippen LogP contribution in [-0.2, 0) is 6.42 Å². The molecule has 0 fully saturated rings. The van der Waals surface area contributed by atoms with Crippen molar-refractivity contribution in [3.8, 4) is 16.8 Å². The van der Waals surface area contributed by atoms with Gasteiger partial charge in [-0.05, 0) is 60.6 Å². The van der Waals surface area contributed by atoms with Gasteiger partial charge < -0.3 is 0 Å². The predicted octanol–water partition coefficient (Wildman–Crippen LogP) is 6.02. The second-order valence-electron chi connectivity index (χ2n) is 6.53. The van der Waals surface area contributed by atoms with E-state index in [1.54, 1.807) is 0 Å². The molecule has 120 valence electrons. The Bertz CT molecular complexity index is 766. The fourth-order valence-electron chi connectivity index (χ4n) is 2.73. The van der Waals surface area contributed by atoms with Crippen molar-refractivity contribution in [2.45, 2.75) is 33.6 Å². The van der Waals surface area contributed by atoms with E-state index in [0.717, 1.165) is 28.6 Å². The quantitative estimate of drug-likeness (QED) is 0.591. The second kappa shape index (κ2) is 6.67. The van der Waals surface area contributed by atoms with Crippen molar-refractivity contribution in [3.63, 3.8) is 0 Å². The summed E-state index contributed by atoms with van der Waals surface area (Å²) in [7, 11) is 0. The molecule has 0 aliphatic carbocycles. The molecule has 3 heteroatoms. The maximum Gasteiger partial charge on any atom is 0.0624 e. The molecule has 0 aliphatic heterocycles. The Labute approximate surface area is 143 Å². The minimum atomic E-state index is 0.743. The summed E-state index contributed by atoms with van der Waals surface area (Å²) < 4.78 is 2.07. The second-order valence-corrected chi connectivity index (χ2v) is 6.94. The van der Waals surface area contributed by atoms with E-state index in [1.165, 1.54) is 23.2 Å². The van der Waals surface area contributed by atoms with Crippen LogP contribution in [0.2, 0.25) is 5.02 Å². The van der Waals surface area contributed by atoms with Crippen molar-refractivity contribution in [3.05, 3.63) is 64.9 Å². The fourth-order valence-corrected chi connectivity index (χ4v) is 2.91.